The molecule has 2 aromatic carbocycles. The molecule has 0 radical (unpaired) electrons. The van der Waals surface area contributed by atoms with Gasteiger partial charge in [0.25, 0.3) is 0 Å². The lowest BCUT2D eigenvalue weighted by Gasteiger charge is -2.34. The first-order valence-corrected chi connectivity index (χ1v) is 10.5. The number of methoxy groups -OCH3 is 1. The van der Waals surface area contributed by atoms with Gasteiger partial charge in [0.1, 0.15) is 5.82 Å². The first-order chi connectivity index (χ1) is 13.0. The molecule has 4 rings (SSSR count). The van der Waals surface area contributed by atoms with Gasteiger partial charge < -0.3 is 4.74 Å². The molecule has 1 atom stereocenters. The van der Waals surface area contributed by atoms with Crippen LogP contribution in [0.5, 0.6) is 0 Å². The molecule has 0 aromatic heterocycles. The number of ether oxygens (including phenoxy) is 1. The van der Waals surface area contributed by atoms with E-state index in [1.807, 2.05) is 18.2 Å². The van der Waals surface area contributed by atoms with Gasteiger partial charge >= 0.3 is 0 Å². The van der Waals surface area contributed by atoms with Crippen molar-refractivity contribution in [1.82, 2.24) is 9.21 Å². The highest BCUT2D eigenvalue weighted by Gasteiger charge is 2.56. The second kappa shape index (κ2) is 6.98. The molecule has 144 valence electrons. The molecule has 0 aliphatic carbocycles. The average Bonchev–Trinajstić information content (AvgIpc) is 3.15. The standard InChI is InChI=1S/C20H23FN2O3S/c1-26-13-12-23-20(17-7-3-5-9-19(17)27(23,24)25)10-11-22(15-20)14-16-6-2-4-8-18(16)21/h2-9H,10-15H2,1H3. The zero-order chi connectivity index (χ0) is 19.1. The lowest BCUT2D eigenvalue weighted by molar-refractivity contribution is 0.129. The average molecular weight is 390 g/mol. The highest BCUT2D eigenvalue weighted by molar-refractivity contribution is 7.89. The molecule has 5 nitrogen and oxygen atoms in total. The monoisotopic (exact) mass is 390 g/mol. The molecule has 1 saturated heterocycles. The van der Waals surface area contributed by atoms with E-state index in [1.165, 1.54) is 6.07 Å². The highest BCUT2D eigenvalue weighted by Crippen LogP contribution is 2.49. The minimum absolute atomic E-state index is 0.228. The number of fused-ring (bicyclic) bond motifs is 2. The second-order valence-electron chi connectivity index (χ2n) is 7.15. The molecule has 0 bridgehead atoms. The Hall–Kier alpha value is -1.80. The van der Waals surface area contributed by atoms with Crippen LogP contribution < -0.4 is 0 Å². The van der Waals surface area contributed by atoms with Crippen LogP contribution >= 0.6 is 0 Å². The molecule has 27 heavy (non-hydrogen) atoms. The molecule has 1 unspecified atom stereocenters. The van der Waals surface area contributed by atoms with Gasteiger partial charge in [-0.2, -0.15) is 4.31 Å². The van der Waals surface area contributed by atoms with Crippen LogP contribution in [0.2, 0.25) is 0 Å². The maximum atomic E-state index is 14.1. The number of benzene rings is 2. The summed E-state index contributed by atoms with van der Waals surface area (Å²) >= 11 is 0. The van der Waals surface area contributed by atoms with Crippen molar-refractivity contribution in [3.63, 3.8) is 0 Å². The van der Waals surface area contributed by atoms with Crippen LogP contribution in [-0.2, 0) is 26.8 Å². The summed E-state index contributed by atoms with van der Waals surface area (Å²) in [5, 5.41) is 0. The van der Waals surface area contributed by atoms with Gasteiger partial charge in [0.15, 0.2) is 0 Å². The Balaban J connectivity index is 1.69. The van der Waals surface area contributed by atoms with E-state index in [2.05, 4.69) is 4.90 Å². The van der Waals surface area contributed by atoms with Gasteiger partial charge in [-0.15, -0.1) is 0 Å². The van der Waals surface area contributed by atoms with Crippen molar-refractivity contribution in [3.8, 4) is 0 Å². The zero-order valence-corrected chi connectivity index (χ0v) is 16.1. The molecule has 2 aliphatic rings. The van der Waals surface area contributed by atoms with Crippen molar-refractivity contribution in [2.75, 3.05) is 33.4 Å². The van der Waals surface area contributed by atoms with Crippen molar-refractivity contribution in [2.45, 2.75) is 23.4 Å². The van der Waals surface area contributed by atoms with Gasteiger partial charge in [-0.25, -0.2) is 12.8 Å². The fraction of sp³-hybridized carbons (Fsp3) is 0.400. The minimum atomic E-state index is -3.56. The van der Waals surface area contributed by atoms with E-state index in [1.54, 1.807) is 35.7 Å². The molecule has 0 amide bonds. The minimum Gasteiger partial charge on any atom is -0.383 e. The van der Waals surface area contributed by atoms with Crippen LogP contribution in [0.1, 0.15) is 17.5 Å². The normalized spacial score (nSPS) is 24.5. The number of nitrogens with zero attached hydrogens (tertiary/aromatic N) is 2. The second-order valence-corrected chi connectivity index (χ2v) is 8.98. The van der Waals surface area contributed by atoms with Crippen LogP contribution in [0.3, 0.4) is 0 Å². The quantitative estimate of drug-likeness (QED) is 0.787. The van der Waals surface area contributed by atoms with Gasteiger partial charge in [0.05, 0.1) is 17.0 Å². The smallest absolute Gasteiger partial charge is 0.244 e. The summed E-state index contributed by atoms with van der Waals surface area (Å²) in [5.74, 6) is -0.228. The molecular weight excluding hydrogens is 367 g/mol. The largest absolute Gasteiger partial charge is 0.383 e. The van der Waals surface area contributed by atoms with E-state index in [0.717, 1.165) is 5.56 Å². The van der Waals surface area contributed by atoms with Crippen LogP contribution in [-0.4, -0.2) is 51.0 Å². The van der Waals surface area contributed by atoms with E-state index in [9.17, 15) is 12.8 Å². The summed E-state index contributed by atoms with van der Waals surface area (Å²) in [6.45, 7) is 2.36. The van der Waals surface area contributed by atoms with Crippen molar-refractivity contribution in [1.29, 1.82) is 0 Å². The Morgan fingerprint density at radius 1 is 1.15 bits per heavy atom. The van der Waals surface area contributed by atoms with E-state index in [4.69, 9.17) is 4.74 Å². The number of likely N-dealkylation sites (tertiary alicyclic amines) is 1. The van der Waals surface area contributed by atoms with Gasteiger partial charge in [-0.3, -0.25) is 4.90 Å². The Morgan fingerprint density at radius 3 is 2.67 bits per heavy atom. The number of halogens is 1. The summed E-state index contributed by atoms with van der Waals surface area (Å²) in [4.78, 5) is 2.52. The molecule has 1 fully saturated rings. The predicted molar refractivity (Wildman–Crippen MR) is 100 cm³/mol. The van der Waals surface area contributed by atoms with E-state index in [0.29, 0.717) is 49.7 Å². The summed E-state index contributed by atoms with van der Waals surface area (Å²) < 4.78 is 47.2. The first-order valence-electron chi connectivity index (χ1n) is 9.06. The fourth-order valence-electron chi connectivity index (χ4n) is 4.36. The van der Waals surface area contributed by atoms with Crippen molar-refractivity contribution in [3.05, 3.63) is 65.5 Å². The summed E-state index contributed by atoms with van der Waals surface area (Å²) in [5.41, 5.74) is 0.864. The van der Waals surface area contributed by atoms with E-state index >= 15 is 0 Å². The van der Waals surface area contributed by atoms with Crippen LogP contribution in [0, 0.1) is 5.82 Å². The van der Waals surface area contributed by atoms with E-state index < -0.39 is 15.6 Å². The first kappa shape index (κ1) is 18.6. The number of rotatable bonds is 5. The maximum Gasteiger partial charge on any atom is 0.244 e. The van der Waals surface area contributed by atoms with E-state index in [-0.39, 0.29) is 5.82 Å². The van der Waals surface area contributed by atoms with Crippen molar-refractivity contribution in [2.24, 2.45) is 0 Å². The Labute approximate surface area is 159 Å². The SMILES string of the molecule is COCCN1C2(CCN(Cc3ccccc3F)C2)c2ccccc2S1(=O)=O. The predicted octanol–water partition coefficient (Wildman–Crippen LogP) is 2.58. The number of sulfonamides is 1. The van der Waals surface area contributed by atoms with Gasteiger partial charge in [-0.05, 0) is 24.1 Å². The van der Waals surface area contributed by atoms with Crippen molar-refractivity contribution < 1.29 is 17.5 Å². The lowest BCUT2D eigenvalue weighted by Crippen LogP contribution is -2.47. The summed E-state index contributed by atoms with van der Waals surface area (Å²) in [7, 11) is -1.99. The molecule has 0 N–H and O–H groups in total. The molecule has 2 aromatic rings. The summed E-state index contributed by atoms with van der Waals surface area (Å²) in [6, 6.07) is 14.0. The molecule has 2 heterocycles. The maximum absolute atomic E-state index is 14.1. The van der Waals surface area contributed by atoms with Crippen molar-refractivity contribution >= 4 is 10.0 Å². The Bertz CT molecular complexity index is 950. The molecule has 2 aliphatic heterocycles. The molecule has 1 spiro atoms. The third kappa shape index (κ3) is 2.99. The third-order valence-corrected chi connectivity index (χ3v) is 7.64. The molecular formula is C20H23FN2O3S. The fourth-order valence-corrected chi connectivity index (χ4v) is 6.41. The van der Waals surface area contributed by atoms with Crippen LogP contribution in [0.25, 0.3) is 0 Å². The molecule has 7 heteroatoms. The number of hydrogen-bond donors (Lipinski definition) is 0. The Morgan fingerprint density at radius 2 is 1.89 bits per heavy atom. The van der Waals surface area contributed by atoms with Gasteiger partial charge in [0.2, 0.25) is 10.0 Å². The zero-order valence-electron chi connectivity index (χ0n) is 15.3. The van der Waals surface area contributed by atoms with Crippen LogP contribution in [0.4, 0.5) is 4.39 Å². The number of hydrogen-bond acceptors (Lipinski definition) is 4. The third-order valence-electron chi connectivity index (χ3n) is 5.61. The topological polar surface area (TPSA) is 49.9 Å². The lowest BCUT2D eigenvalue weighted by atomic mass is 9.89. The van der Waals surface area contributed by atoms with Gasteiger partial charge in [0, 0.05) is 38.9 Å². The molecule has 0 saturated carbocycles. The van der Waals surface area contributed by atoms with Gasteiger partial charge in [-0.1, -0.05) is 36.4 Å². The summed E-state index contributed by atoms with van der Waals surface area (Å²) in [6.07, 6.45) is 0.682. The Kier molecular flexibility index (Phi) is 4.80. The highest BCUT2D eigenvalue weighted by atomic mass is 32.2. The van der Waals surface area contributed by atoms with Crippen LogP contribution in [0.15, 0.2) is 53.4 Å².